The molecular weight excluding hydrogens is 376 g/mol. The molecule has 0 atom stereocenters. The minimum Gasteiger partial charge on any atom is -0.332 e. The smallest absolute Gasteiger partial charge is 0.257 e. The molecule has 4 rings (SSSR count). The molecule has 0 radical (unpaired) electrons. The van der Waals surface area contributed by atoms with E-state index in [0.29, 0.717) is 23.0 Å². The van der Waals surface area contributed by atoms with Crippen LogP contribution in [0.25, 0.3) is 11.4 Å². The van der Waals surface area contributed by atoms with Crippen LogP contribution in [0.4, 0.5) is 0 Å². The fourth-order valence-corrected chi connectivity index (χ4v) is 4.29. The summed E-state index contributed by atoms with van der Waals surface area (Å²) >= 11 is 0. The standard InChI is InChI=1S/C20H24N4O3S/c1-28(26,27)18-6-2-14(3-7-18)19-22-12-15(13-23-19)20(25)24(16-4-5-16)17-8-10-21-11-9-17/h2-3,6-7,12-13,16-17,21H,4-5,8-11H2,1H3. The lowest BCUT2D eigenvalue weighted by atomic mass is 10.0. The minimum atomic E-state index is -3.24. The van der Waals surface area contributed by atoms with E-state index in [1.165, 1.54) is 6.26 Å². The van der Waals surface area contributed by atoms with Crippen LogP contribution in [0.3, 0.4) is 0 Å². The number of hydrogen-bond donors (Lipinski definition) is 1. The molecule has 148 valence electrons. The molecule has 1 saturated heterocycles. The quantitative estimate of drug-likeness (QED) is 0.824. The third kappa shape index (κ3) is 4.07. The van der Waals surface area contributed by atoms with Gasteiger partial charge in [-0.25, -0.2) is 18.4 Å². The fourth-order valence-electron chi connectivity index (χ4n) is 3.66. The highest BCUT2D eigenvalue weighted by Gasteiger charge is 2.38. The Labute approximate surface area is 165 Å². The van der Waals surface area contributed by atoms with Crippen LogP contribution in [0, 0.1) is 0 Å². The third-order valence-corrected chi connectivity index (χ3v) is 6.44. The lowest BCUT2D eigenvalue weighted by Gasteiger charge is -2.35. The van der Waals surface area contributed by atoms with Crippen molar-refractivity contribution in [3.63, 3.8) is 0 Å². The van der Waals surface area contributed by atoms with Gasteiger partial charge in [-0.15, -0.1) is 0 Å². The van der Waals surface area contributed by atoms with Gasteiger partial charge in [-0.3, -0.25) is 4.79 Å². The van der Waals surface area contributed by atoms with Crippen molar-refractivity contribution in [1.29, 1.82) is 0 Å². The predicted octanol–water partition coefficient (Wildman–Crippen LogP) is 1.90. The number of nitrogens with zero attached hydrogens (tertiary/aromatic N) is 3. The Morgan fingerprint density at radius 1 is 1.00 bits per heavy atom. The highest BCUT2D eigenvalue weighted by Crippen LogP contribution is 2.32. The number of piperidine rings is 1. The van der Waals surface area contributed by atoms with Crippen LogP contribution in [-0.4, -0.2) is 60.6 Å². The Bertz CT molecular complexity index is 948. The Kier molecular flexibility index (Phi) is 5.16. The van der Waals surface area contributed by atoms with Crippen molar-refractivity contribution < 1.29 is 13.2 Å². The van der Waals surface area contributed by atoms with Gasteiger partial charge in [0.2, 0.25) is 0 Å². The zero-order valence-corrected chi connectivity index (χ0v) is 16.7. The maximum Gasteiger partial charge on any atom is 0.257 e. The molecule has 0 unspecified atom stereocenters. The number of aromatic nitrogens is 2. The topological polar surface area (TPSA) is 92.3 Å². The normalized spacial score (nSPS) is 18.0. The summed E-state index contributed by atoms with van der Waals surface area (Å²) in [6, 6.07) is 7.07. The maximum absolute atomic E-state index is 13.1. The lowest BCUT2D eigenvalue weighted by Crippen LogP contribution is -2.47. The monoisotopic (exact) mass is 400 g/mol. The molecule has 0 bridgehead atoms. The first-order valence-corrected chi connectivity index (χ1v) is 11.5. The Morgan fingerprint density at radius 2 is 1.57 bits per heavy atom. The van der Waals surface area contributed by atoms with Crippen molar-refractivity contribution in [1.82, 2.24) is 20.2 Å². The van der Waals surface area contributed by atoms with Crippen LogP contribution in [0.2, 0.25) is 0 Å². The first kappa shape index (κ1) is 19.0. The summed E-state index contributed by atoms with van der Waals surface area (Å²) in [6.07, 6.45) is 8.43. The molecule has 2 heterocycles. The average Bonchev–Trinajstić information content (AvgIpc) is 3.53. The van der Waals surface area contributed by atoms with Crippen LogP contribution < -0.4 is 5.32 Å². The van der Waals surface area contributed by atoms with Gasteiger partial charge < -0.3 is 10.2 Å². The molecule has 1 aliphatic heterocycles. The Hall–Kier alpha value is -2.32. The lowest BCUT2D eigenvalue weighted by molar-refractivity contribution is 0.0622. The first-order valence-electron chi connectivity index (χ1n) is 9.59. The van der Waals surface area contributed by atoms with E-state index in [0.717, 1.165) is 38.8 Å². The van der Waals surface area contributed by atoms with Gasteiger partial charge in [0.25, 0.3) is 5.91 Å². The van der Waals surface area contributed by atoms with Crippen LogP contribution in [-0.2, 0) is 9.84 Å². The summed E-state index contributed by atoms with van der Waals surface area (Å²) in [5, 5.41) is 3.35. The zero-order valence-electron chi connectivity index (χ0n) is 15.8. The van der Waals surface area contributed by atoms with Gasteiger partial charge in [0.05, 0.1) is 10.5 Å². The molecule has 7 nitrogen and oxygen atoms in total. The number of sulfone groups is 1. The van der Waals surface area contributed by atoms with Crippen LogP contribution >= 0.6 is 0 Å². The summed E-state index contributed by atoms with van der Waals surface area (Å²) < 4.78 is 23.2. The van der Waals surface area contributed by atoms with Gasteiger partial charge in [0.1, 0.15) is 0 Å². The van der Waals surface area contributed by atoms with Crippen molar-refractivity contribution in [2.45, 2.75) is 42.7 Å². The van der Waals surface area contributed by atoms with Crippen LogP contribution in [0.5, 0.6) is 0 Å². The molecule has 1 N–H and O–H groups in total. The van der Waals surface area contributed by atoms with E-state index in [4.69, 9.17) is 0 Å². The van der Waals surface area contributed by atoms with E-state index in [-0.39, 0.29) is 16.8 Å². The number of rotatable bonds is 5. The zero-order chi connectivity index (χ0) is 19.7. The van der Waals surface area contributed by atoms with Crippen LogP contribution in [0.15, 0.2) is 41.6 Å². The SMILES string of the molecule is CS(=O)(=O)c1ccc(-c2ncc(C(=O)N(C3CCNCC3)C3CC3)cn2)cc1. The largest absolute Gasteiger partial charge is 0.332 e. The molecule has 8 heteroatoms. The van der Waals surface area contributed by atoms with E-state index in [1.54, 1.807) is 36.7 Å². The van der Waals surface area contributed by atoms with Crippen LogP contribution in [0.1, 0.15) is 36.0 Å². The van der Waals surface area contributed by atoms with Crippen molar-refractivity contribution >= 4 is 15.7 Å². The van der Waals surface area contributed by atoms with E-state index >= 15 is 0 Å². The second-order valence-corrected chi connectivity index (χ2v) is 9.53. The van der Waals surface area contributed by atoms with Crippen molar-refractivity contribution in [2.75, 3.05) is 19.3 Å². The second kappa shape index (κ2) is 7.60. The fraction of sp³-hybridized carbons (Fsp3) is 0.450. The van der Waals surface area contributed by atoms with E-state index in [2.05, 4.69) is 15.3 Å². The van der Waals surface area contributed by atoms with Gasteiger partial charge >= 0.3 is 0 Å². The Morgan fingerprint density at radius 3 is 2.11 bits per heavy atom. The van der Waals surface area contributed by atoms with E-state index in [1.807, 2.05) is 4.90 Å². The maximum atomic E-state index is 13.1. The molecule has 2 aromatic rings. The molecule has 1 aromatic heterocycles. The molecule has 0 spiro atoms. The molecule has 1 amide bonds. The first-order chi connectivity index (χ1) is 13.4. The Balaban J connectivity index is 1.52. The van der Waals surface area contributed by atoms with Gasteiger partial charge in [-0.05, 0) is 63.0 Å². The van der Waals surface area contributed by atoms with Gasteiger partial charge in [-0.1, -0.05) is 0 Å². The summed E-state index contributed by atoms with van der Waals surface area (Å²) in [4.78, 5) is 24.1. The highest BCUT2D eigenvalue weighted by atomic mass is 32.2. The summed E-state index contributed by atoms with van der Waals surface area (Å²) in [5.74, 6) is 0.477. The number of hydrogen-bond acceptors (Lipinski definition) is 6. The second-order valence-electron chi connectivity index (χ2n) is 7.52. The molecule has 2 fully saturated rings. The molecule has 28 heavy (non-hydrogen) atoms. The highest BCUT2D eigenvalue weighted by molar-refractivity contribution is 7.90. The van der Waals surface area contributed by atoms with Crippen molar-refractivity contribution in [2.24, 2.45) is 0 Å². The number of nitrogens with one attached hydrogen (secondary N) is 1. The van der Waals surface area contributed by atoms with Gasteiger partial charge in [-0.2, -0.15) is 0 Å². The van der Waals surface area contributed by atoms with Crippen molar-refractivity contribution in [3.05, 3.63) is 42.2 Å². The van der Waals surface area contributed by atoms with Gasteiger partial charge in [0, 0.05) is 36.3 Å². The van der Waals surface area contributed by atoms with E-state index < -0.39 is 9.84 Å². The predicted molar refractivity (Wildman–Crippen MR) is 106 cm³/mol. The molecule has 1 saturated carbocycles. The number of carbonyl (C=O) groups excluding carboxylic acids is 1. The minimum absolute atomic E-state index is 0.00775. The summed E-state index contributed by atoms with van der Waals surface area (Å²) in [6.45, 7) is 1.89. The molecular formula is C20H24N4O3S. The average molecular weight is 401 g/mol. The third-order valence-electron chi connectivity index (χ3n) is 5.32. The molecule has 1 aliphatic carbocycles. The molecule has 1 aromatic carbocycles. The number of amides is 1. The molecule has 2 aliphatic rings. The number of benzene rings is 1. The van der Waals surface area contributed by atoms with Gasteiger partial charge in [0.15, 0.2) is 15.7 Å². The summed E-state index contributed by atoms with van der Waals surface area (Å²) in [5.41, 5.74) is 1.21. The van der Waals surface area contributed by atoms with E-state index in [9.17, 15) is 13.2 Å². The van der Waals surface area contributed by atoms with Crippen molar-refractivity contribution in [3.8, 4) is 11.4 Å². The number of carbonyl (C=O) groups is 1. The summed E-state index contributed by atoms with van der Waals surface area (Å²) in [7, 11) is -3.24.